The molecule has 0 amide bonds. The predicted octanol–water partition coefficient (Wildman–Crippen LogP) is 0.107. The van der Waals surface area contributed by atoms with E-state index in [1.807, 2.05) is 0 Å². The van der Waals surface area contributed by atoms with Gasteiger partial charge in [-0.3, -0.25) is 9.71 Å². The topological polar surface area (TPSA) is 78.8 Å². The Morgan fingerprint density at radius 3 is 2.81 bits per heavy atom. The highest BCUT2D eigenvalue weighted by Gasteiger charge is 2.29. The average molecular weight is 240 g/mol. The molecule has 0 bridgehead atoms. The van der Waals surface area contributed by atoms with Crippen LogP contribution in [0, 0.1) is 0 Å². The zero-order valence-electron chi connectivity index (χ0n) is 8.55. The quantitative estimate of drug-likeness (QED) is 0.736. The van der Waals surface area contributed by atoms with Crippen molar-refractivity contribution in [2.24, 2.45) is 4.99 Å². The number of nitrogens with zero attached hydrogens (tertiary/aromatic N) is 1. The summed E-state index contributed by atoms with van der Waals surface area (Å²) < 4.78 is 25.7. The van der Waals surface area contributed by atoms with E-state index in [4.69, 9.17) is 5.11 Å². The zero-order valence-corrected chi connectivity index (χ0v) is 9.37. The third-order valence-electron chi connectivity index (χ3n) is 2.25. The lowest BCUT2D eigenvalue weighted by molar-refractivity contribution is 0.291. The number of rotatable bonds is 3. The molecule has 2 N–H and O–H groups in total. The molecule has 0 fully saturated rings. The molecule has 0 aromatic heterocycles. The summed E-state index contributed by atoms with van der Waals surface area (Å²) in [6.07, 6.45) is 0.521. The van der Waals surface area contributed by atoms with Gasteiger partial charge in [0.15, 0.2) is 0 Å². The van der Waals surface area contributed by atoms with Crippen LogP contribution in [0.5, 0.6) is 0 Å². The van der Waals surface area contributed by atoms with Crippen LogP contribution in [0.4, 0.5) is 0 Å². The van der Waals surface area contributed by atoms with E-state index >= 15 is 0 Å². The first-order chi connectivity index (χ1) is 7.65. The highest BCUT2D eigenvalue weighted by molar-refractivity contribution is 7.90. The van der Waals surface area contributed by atoms with Crippen LogP contribution in [0.25, 0.3) is 0 Å². The summed E-state index contributed by atoms with van der Waals surface area (Å²) in [6, 6.07) is 6.70. The summed E-state index contributed by atoms with van der Waals surface area (Å²) in [5.74, 6) is 0.365. The minimum Gasteiger partial charge on any atom is -0.396 e. The molecule has 16 heavy (non-hydrogen) atoms. The lowest BCUT2D eigenvalue weighted by atomic mass is 10.2. The van der Waals surface area contributed by atoms with Gasteiger partial charge >= 0.3 is 0 Å². The van der Waals surface area contributed by atoms with Gasteiger partial charge in [-0.2, -0.15) is 0 Å². The number of fused-ring (bicyclic) bond motifs is 1. The van der Waals surface area contributed by atoms with Crippen molar-refractivity contribution < 1.29 is 13.5 Å². The van der Waals surface area contributed by atoms with Crippen molar-refractivity contribution in [1.29, 1.82) is 0 Å². The van der Waals surface area contributed by atoms with Gasteiger partial charge in [0.05, 0.1) is 4.90 Å². The maximum atomic E-state index is 11.7. The van der Waals surface area contributed by atoms with E-state index in [2.05, 4.69) is 9.71 Å². The maximum Gasteiger partial charge on any atom is 0.263 e. The molecule has 0 unspecified atom stereocenters. The van der Waals surface area contributed by atoms with Crippen molar-refractivity contribution in [2.75, 3.05) is 13.2 Å². The highest BCUT2D eigenvalue weighted by atomic mass is 32.2. The van der Waals surface area contributed by atoms with Crippen LogP contribution in [0.3, 0.4) is 0 Å². The number of hydrogen-bond donors (Lipinski definition) is 2. The van der Waals surface area contributed by atoms with Crippen molar-refractivity contribution in [3.63, 3.8) is 0 Å². The molecule has 1 aliphatic rings. The Labute approximate surface area is 93.9 Å². The van der Waals surface area contributed by atoms with Gasteiger partial charge in [0.1, 0.15) is 5.84 Å². The van der Waals surface area contributed by atoms with E-state index in [0.717, 1.165) is 0 Å². The third kappa shape index (κ3) is 1.94. The molecule has 0 radical (unpaired) electrons. The van der Waals surface area contributed by atoms with E-state index in [1.54, 1.807) is 24.3 Å². The Morgan fingerprint density at radius 1 is 1.31 bits per heavy atom. The van der Waals surface area contributed by atoms with Crippen molar-refractivity contribution in [3.8, 4) is 0 Å². The first kappa shape index (κ1) is 11.1. The molecule has 1 heterocycles. The first-order valence-corrected chi connectivity index (χ1v) is 6.41. The molecule has 0 aliphatic carbocycles. The van der Waals surface area contributed by atoms with Crippen molar-refractivity contribution in [3.05, 3.63) is 29.8 Å². The standard InChI is InChI=1S/C10H12N2O3S/c13-7-3-6-11-10-8-4-1-2-5-9(8)16(14,15)12-10/h1-2,4-5,13H,3,6-7H2,(H,11,12). The number of amidine groups is 1. The molecule has 6 heteroatoms. The number of benzene rings is 1. The van der Waals surface area contributed by atoms with Gasteiger partial charge in [-0.25, -0.2) is 8.42 Å². The molecule has 1 aromatic rings. The summed E-state index contributed by atoms with van der Waals surface area (Å²) in [6.45, 7) is 0.452. The van der Waals surface area contributed by atoms with Crippen LogP contribution in [-0.2, 0) is 10.0 Å². The molecule has 2 rings (SSSR count). The summed E-state index contributed by atoms with van der Waals surface area (Å²) in [5, 5.41) is 8.63. The predicted molar refractivity (Wildman–Crippen MR) is 59.9 cm³/mol. The molecule has 1 aliphatic heterocycles. The number of aliphatic hydroxyl groups is 1. The van der Waals surface area contributed by atoms with Gasteiger partial charge in [-0.15, -0.1) is 0 Å². The largest absolute Gasteiger partial charge is 0.396 e. The van der Waals surface area contributed by atoms with E-state index in [-0.39, 0.29) is 11.5 Å². The molecule has 1 aromatic carbocycles. The number of hydrogen-bond acceptors (Lipinski definition) is 4. The van der Waals surface area contributed by atoms with Crippen LogP contribution in [0.1, 0.15) is 12.0 Å². The lowest BCUT2D eigenvalue weighted by Gasteiger charge is -1.97. The van der Waals surface area contributed by atoms with E-state index in [0.29, 0.717) is 24.4 Å². The normalized spacial score (nSPS) is 19.4. The second kappa shape index (κ2) is 4.23. The Balaban J connectivity index is 2.37. The van der Waals surface area contributed by atoms with Crippen LogP contribution >= 0.6 is 0 Å². The summed E-state index contributed by atoms with van der Waals surface area (Å²) in [7, 11) is -3.44. The molecular formula is C10H12N2O3S. The fourth-order valence-electron chi connectivity index (χ4n) is 1.51. The molecule has 86 valence electrons. The number of nitrogens with one attached hydrogen (secondary N) is 1. The fourth-order valence-corrected chi connectivity index (χ4v) is 2.76. The number of aliphatic imine (C=N–C) groups is 1. The monoisotopic (exact) mass is 240 g/mol. The molecular weight excluding hydrogens is 228 g/mol. The highest BCUT2D eigenvalue weighted by Crippen LogP contribution is 2.21. The van der Waals surface area contributed by atoms with Crippen molar-refractivity contribution in [1.82, 2.24) is 4.72 Å². The maximum absolute atomic E-state index is 11.7. The summed E-state index contributed by atoms with van der Waals surface area (Å²) in [5.41, 5.74) is 0.598. The molecule has 5 nitrogen and oxygen atoms in total. The Morgan fingerprint density at radius 2 is 2.06 bits per heavy atom. The van der Waals surface area contributed by atoms with E-state index < -0.39 is 10.0 Å². The van der Waals surface area contributed by atoms with Gasteiger partial charge in [0.25, 0.3) is 10.0 Å². The first-order valence-electron chi connectivity index (χ1n) is 4.92. The van der Waals surface area contributed by atoms with Gasteiger partial charge in [0.2, 0.25) is 0 Å². The number of aliphatic hydroxyl groups excluding tert-OH is 1. The van der Waals surface area contributed by atoms with Gasteiger partial charge in [-0.1, -0.05) is 12.1 Å². The van der Waals surface area contributed by atoms with E-state index in [1.165, 1.54) is 0 Å². The molecule has 0 spiro atoms. The Bertz CT molecular complexity index is 523. The van der Waals surface area contributed by atoms with Crippen LogP contribution in [0.15, 0.2) is 34.2 Å². The second-order valence-electron chi connectivity index (χ2n) is 3.41. The smallest absolute Gasteiger partial charge is 0.263 e. The number of sulfonamides is 1. The SMILES string of the molecule is O=S1(=O)NC(=NCCCO)c2ccccc21. The minimum absolute atomic E-state index is 0.0468. The van der Waals surface area contributed by atoms with Crippen LogP contribution in [0.2, 0.25) is 0 Å². The molecule has 0 saturated carbocycles. The van der Waals surface area contributed by atoms with Crippen molar-refractivity contribution >= 4 is 15.9 Å². The average Bonchev–Trinajstić information content (AvgIpc) is 2.52. The Hall–Kier alpha value is -1.40. The zero-order chi connectivity index (χ0) is 11.6. The van der Waals surface area contributed by atoms with Gasteiger partial charge in [0, 0.05) is 18.7 Å². The Kier molecular flexibility index (Phi) is 2.93. The molecule has 0 atom stereocenters. The third-order valence-corrected chi connectivity index (χ3v) is 3.65. The fraction of sp³-hybridized carbons (Fsp3) is 0.300. The molecule has 0 saturated heterocycles. The van der Waals surface area contributed by atoms with Crippen LogP contribution in [-0.4, -0.2) is 32.5 Å². The summed E-state index contributed by atoms with van der Waals surface area (Å²) in [4.78, 5) is 4.38. The van der Waals surface area contributed by atoms with E-state index in [9.17, 15) is 8.42 Å². The van der Waals surface area contributed by atoms with Crippen LogP contribution < -0.4 is 4.72 Å². The van der Waals surface area contributed by atoms with Gasteiger partial charge in [-0.05, 0) is 18.6 Å². The van der Waals surface area contributed by atoms with Crippen molar-refractivity contribution in [2.45, 2.75) is 11.3 Å². The minimum atomic E-state index is -3.44. The summed E-state index contributed by atoms with van der Waals surface area (Å²) >= 11 is 0. The second-order valence-corrected chi connectivity index (χ2v) is 5.06. The van der Waals surface area contributed by atoms with Gasteiger partial charge < -0.3 is 5.11 Å². The lowest BCUT2D eigenvalue weighted by Crippen LogP contribution is -2.22.